The fourth-order valence-corrected chi connectivity index (χ4v) is 3.21. The number of rotatable bonds is 1. The van der Waals surface area contributed by atoms with Crippen molar-refractivity contribution in [1.82, 2.24) is 0 Å². The van der Waals surface area contributed by atoms with Gasteiger partial charge in [-0.15, -0.1) is 11.8 Å². The Morgan fingerprint density at radius 1 is 1.00 bits per heavy atom. The Labute approximate surface area is 111 Å². The molecule has 18 heavy (non-hydrogen) atoms. The Bertz CT molecular complexity index is 529. The molecule has 3 heteroatoms. The zero-order valence-electron chi connectivity index (χ0n) is 9.91. The van der Waals surface area contributed by atoms with E-state index >= 15 is 0 Å². The van der Waals surface area contributed by atoms with E-state index in [2.05, 4.69) is 29.6 Å². The molecule has 1 aliphatic rings. The molecular formula is C15H15NOS. The van der Waals surface area contributed by atoms with Crippen molar-refractivity contribution in [2.45, 2.75) is 17.0 Å². The molecule has 0 bridgehead atoms. The van der Waals surface area contributed by atoms with Crippen molar-refractivity contribution in [2.75, 3.05) is 11.1 Å². The number of aliphatic hydroxyl groups is 1. The van der Waals surface area contributed by atoms with Gasteiger partial charge in [0.2, 0.25) is 0 Å². The smallest absolute Gasteiger partial charge is 0.0876 e. The third-order valence-electron chi connectivity index (χ3n) is 3.15. The van der Waals surface area contributed by atoms with Crippen molar-refractivity contribution in [3.63, 3.8) is 0 Å². The van der Waals surface area contributed by atoms with Gasteiger partial charge in [-0.2, -0.15) is 0 Å². The van der Waals surface area contributed by atoms with Crippen molar-refractivity contribution < 1.29 is 5.11 Å². The molecule has 2 atom stereocenters. The second-order valence-corrected chi connectivity index (χ2v) is 5.47. The summed E-state index contributed by atoms with van der Waals surface area (Å²) < 4.78 is 0. The van der Waals surface area contributed by atoms with E-state index in [9.17, 15) is 5.11 Å². The molecule has 2 N–H and O–H groups in total. The first-order chi connectivity index (χ1) is 8.84. The predicted molar refractivity (Wildman–Crippen MR) is 76.0 cm³/mol. The normalized spacial score (nSPS) is 22.7. The lowest BCUT2D eigenvalue weighted by Gasteiger charge is -2.22. The minimum absolute atomic E-state index is 0.0395. The maximum Gasteiger partial charge on any atom is 0.0876 e. The fourth-order valence-electron chi connectivity index (χ4n) is 2.21. The fraction of sp³-hybridized carbons (Fsp3) is 0.200. The number of nitrogens with one attached hydrogen (secondary N) is 1. The average molecular weight is 257 g/mol. The van der Waals surface area contributed by atoms with E-state index in [0.717, 1.165) is 11.3 Å². The van der Waals surface area contributed by atoms with E-state index < -0.39 is 0 Å². The maximum atomic E-state index is 10.3. The number of hydrogen-bond donors (Lipinski definition) is 2. The summed E-state index contributed by atoms with van der Waals surface area (Å²) >= 11 is 1.70. The molecule has 0 spiro atoms. The molecule has 2 aromatic rings. The highest BCUT2D eigenvalue weighted by atomic mass is 32.2. The highest BCUT2D eigenvalue weighted by Gasteiger charge is 2.25. The second kappa shape index (κ2) is 5.04. The van der Waals surface area contributed by atoms with Crippen LogP contribution in [0.25, 0.3) is 0 Å². The summed E-state index contributed by atoms with van der Waals surface area (Å²) in [6.07, 6.45) is -0.384. The standard InChI is InChI=1S/C15H15NOS/c17-13-10-18-14-9-5-4-8-12(14)16-15(13)11-6-2-1-3-7-11/h1-9,13,15-17H,10H2/t13-,15+/m0/s1. The number of aliphatic hydroxyl groups excluding tert-OH is 1. The Balaban J connectivity index is 1.96. The molecule has 0 saturated carbocycles. The summed E-state index contributed by atoms with van der Waals surface area (Å²) in [6, 6.07) is 18.3. The van der Waals surface area contributed by atoms with Gasteiger partial charge >= 0.3 is 0 Å². The number of hydrogen-bond acceptors (Lipinski definition) is 3. The molecule has 0 aliphatic carbocycles. The van der Waals surface area contributed by atoms with Crippen molar-refractivity contribution in [1.29, 1.82) is 0 Å². The number of anilines is 1. The van der Waals surface area contributed by atoms with Crippen LogP contribution in [0, 0.1) is 0 Å². The molecule has 0 saturated heterocycles. The molecule has 2 aromatic carbocycles. The summed E-state index contributed by atoms with van der Waals surface area (Å²) in [7, 11) is 0. The highest BCUT2D eigenvalue weighted by molar-refractivity contribution is 7.99. The number of fused-ring (bicyclic) bond motifs is 1. The van der Waals surface area contributed by atoms with Gasteiger partial charge in [-0.1, -0.05) is 42.5 Å². The molecule has 1 aliphatic heterocycles. The van der Waals surface area contributed by atoms with Crippen LogP contribution >= 0.6 is 11.8 Å². The summed E-state index contributed by atoms with van der Waals surface area (Å²) in [5.41, 5.74) is 2.23. The Morgan fingerprint density at radius 3 is 2.56 bits per heavy atom. The van der Waals surface area contributed by atoms with Gasteiger partial charge in [0, 0.05) is 16.3 Å². The topological polar surface area (TPSA) is 32.3 Å². The summed E-state index contributed by atoms with van der Waals surface area (Å²) in [4.78, 5) is 1.20. The molecule has 0 fully saturated rings. The predicted octanol–water partition coefficient (Wildman–Crippen LogP) is 3.31. The highest BCUT2D eigenvalue weighted by Crippen LogP contribution is 2.36. The summed E-state index contributed by atoms with van der Waals surface area (Å²) in [5.74, 6) is 0.712. The van der Waals surface area contributed by atoms with E-state index in [1.807, 2.05) is 30.3 Å². The molecule has 0 radical (unpaired) electrons. The van der Waals surface area contributed by atoms with Gasteiger partial charge in [0.25, 0.3) is 0 Å². The van der Waals surface area contributed by atoms with Crippen molar-refractivity contribution >= 4 is 17.4 Å². The van der Waals surface area contributed by atoms with E-state index in [1.54, 1.807) is 11.8 Å². The maximum absolute atomic E-state index is 10.3. The van der Waals surface area contributed by atoms with Crippen LogP contribution in [0.15, 0.2) is 59.5 Å². The molecule has 3 rings (SSSR count). The number of thioether (sulfide) groups is 1. The van der Waals surface area contributed by atoms with Crippen molar-refractivity contribution in [3.8, 4) is 0 Å². The molecule has 2 nitrogen and oxygen atoms in total. The van der Waals surface area contributed by atoms with Crippen LogP contribution in [-0.4, -0.2) is 17.0 Å². The van der Waals surface area contributed by atoms with Gasteiger partial charge in [-0.25, -0.2) is 0 Å². The van der Waals surface area contributed by atoms with Gasteiger partial charge < -0.3 is 10.4 Å². The molecule has 92 valence electrons. The molecule has 1 heterocycles. The lowest BCUT2D eigenvalue weighted by Crippen LogP contribution is -2.26. The van der Waals surface area contributed by atoms with Crippen LogP contribution in [0.4, 0.5) is 5.69 Å². The van der Waals surface area contributed by atoms with E-state index in [0.29, 0.717) is 5.75 Å². The third kappa shape index (κ3) is 2.24. The monoisotopic (exact) mass is 257 g/mol. The van der Waals surface area contributed by atoms with Crippen LogP contribution < -0.4 is 5.32 Å². The zero-order valence-corrected chi connectivity index (χ0v) is 10.7. The Hall–Kier alpha value is -1.45. The lowest BCUT2D eigenvalue weighted by molar-refractivity contribution is 0.177. The van der Waals surface area contributed by atoms with Gasteiger partial charge in [-0.05, 0) is 17.7 Å². The zero-order chi connectivity index (χ0) is 12.4. The minimum atomic E-state index is -0.384. The third-order valence-corrected chi connectivity index (χ3v) is 4.33. The molecule has 0 amide bonds. The van der Waals surface area contributed by atoms with Crippen LogP contribution in [0.1, 0.15) is 11.6 Å². The van der Waals surface area contributed by atoms with Crippen molar-refractivity contribution in [2.24, 2.45) is 0 Å². The van der Waals surface area contributed by atoms with Gasteiger partial charge in [-0.3, -0.25) is 0 Å². The lowest BCUT2D eigenvalue weighted by atomic mass is 10.0. The van der Waals surface area contributed by atoms with E-state index in [4.69, 9.17) is 0 Å². The summed E-state index contributed by atoms with van der Waals surface area (Å²) in [6.45, 7) is 0. The SMILES string of the molecule is O[C@H]1CSc2ccccc2N[C@@H]1c1ccccc1. The Kier molecular flexibility index (Phi) is 3.26. The van der Waals surface area contributed by atoms with E-state index in [-0.39, 0.29) is 12.1 Å². The van der Waals surface area contributed by atoms with E-state index in [1.165, 1.54) is 4.90 Å². The molecule has 0 unspecified atom stereocenters. The van der Waals surface area contributed by atoms with Crippen molar-refractivity contribution in [3.05, 3.63) is 60.2 Å². The van der Waals surface area contributed by atoms with Crippen LogP contribution in [0.5, 0.6) is 0 Å². The van der Waals surface area contributed by atoms with Crippen LogP contribution in [-0.2, 0) is 0 Å². The number of benzene rings is 2. The quantitative estimate of drug-likeness (QED) is 0.822. The molecular weight excluding hydrogens is 242 g/mol. The molecule has 0 aromatic heterocycles. The van der Waals surface area contributed by atoms with Crippen LogP contribution in [0.2, 0.25) is 0 Å². The first-order valence-electron chi connectivity index (χ1n) is 6.06. The second-order valence-electron chi connectivity index (χ2n) is 4.41. The minimum Gasteiger partial charge on any atom is -0.390 e. The summed E-state index contributed by atoms with van der Waals surface area (Å²) in [5, 5.41) is 13.7. The number of para-hydroxylation sites is 1. The van der Waals surface area contributed by atoms with Crippen LogP contribution in [0.3, 0.4) is 0 Å². The largest absolute Gasteiger partial charge is 0.390 e. The van der Waals surface area contributed by atoms with Gasteiger partial charge in [0.05, 0.1) is 12.1 Å². The average Bonchev–Trinajstić information content (AvgIpc) is 2.60. The van der Waals surface area contributed by atoms with Gasteiger partial charge in [0.1, 0.15) is 0 Å². The Morgan fingerprint density at radius 2 is 1.72 bits per heavy atom. The first kappa shape index (κ1) is 11.6. The van der Waals surface area contributed by atoms with Gasteiger partial charge in [0.15, 0.2) is 0 Å². The first-order valence-corrected chi connectivity index (χ1v) is 7.04.